The van der Waals surface area contributed by atoms with Gasteiger partial charge in [0.25, 0.3) is 0 Å². The van der Waals surface area contributed by atoms with Crippen LogP contribution in [0.3, 0.4) is 0 Å². The predicted molar refractivity (Wildman–Crippen MR) is 69.6 cm³/mol. The maximum absolute atomic E-state index is 2.45. The van der Waals surface area contributed by atoms with Gasteiger partial charge < -0.3 is 0 Å². The van der Waals surface area contributed by atoms with Crippen LogP contribution in [0.4, 0.5) is 0 Å². The third-order valence-corrected chi connectivity index (χ3v) is 4.91. The van der Waals surface area contributed by atoms with Gasteiger partial charge in [0.05, 0.1) is 0 Å². The van der Waals surface area contributed by atoms with Crippen molar-refractivity contribution in [3.05, 3.63) is 19.9 Å². The van der Waals surface area contributed by atoms with E-state index in [0.29, 0.717) is 5.41 Å². The lowest BCUT2D eigenvalue weighted by molar-refractivity contribution is 0.413. The zero-order valence-corrected chi connectivity index (χ0v) is 11.5. The Bertz CT molecular complexity index is 267. The highest BCUT2D eigenvalue weighted by Gasteiger charge is 2.25. The molecule has 1 atom stereocenters. The van der Waals surface area contributed by atoms with E-state index in [1.54, 1.807) is 5.56 Å². The standard InChI is InChI=1S/C11H17IS/c1-4-6-11(3,5-2)9-7-13-8-10(9)12/h7-8H,4-6H2,1-3H3. The maximum Gasteiger partial charge on any atom is 0.0274 e. The molecule has 0 bridgehead atoms. The maximum atomic E-state index is 2.45. The van der Waals surface area contributed by atoms with E-state index in [4.69, 9.17) is 0 Å². The minimum atomic E-state index is 0.408. The summed E-state index contributed by atoms with van der Waals surface area (Å²) in [5.41, 5.74) is 1.97. The Morgan fingerprint density at radius 2 is 2.08 bits per heavy atom. The van der Waals surface area contributed by atoms with E-state index < -0.39 is 0 Å². The molecule has 0 spiro atoms. The topological polar surface area (TPSA) is 0 Å². The lowest BCUT2D eigenvalue weighted by atomic mass is 9.78. The summed E-state index contributed by atoms with van der Waals surface area (Å²) in [4.78, 5) is 0. The van der Waals surface area contributed by atoms with Crippen molar-refractivity contribution >= 4 is 33.9 Å². The van der Waals surface area contributed by atoms with Gasteiger partial charge in [-0.3, -0.25) is 0 Å². The summed E-state index contributed by atoms with van der Waals surface area (Å²) < 4.78 is 1.44. The average molecular weight is 308 g/mol. The van der Waals surface area contributed by atoms with Crippen molar-refractivity contribution in [1.29, 1.82) is 0 Å². The highest BCUT2D eigenvalue weighted by Crippen LogP contribution is 2.36. The first kappa shape index (κ1) is 11.5. The van der Waals surface area contributed by atoms with Gasteiger partial charge in [0.1, 0.15) is 0 Å². The highest BCUT2D eigenvalue weighted by atomic mass is 127. The van der Waals surface area contributed by atoms with Crippen molar-refractivity contribution in [1.82, 2.24) is 0 Å². The van der Waals surface area contributed by atoms with E-state index in [2.05, 4.69) is 54.1 Å². The molecule has 2 heteroatoms. The van der Waals surface area contributed by atoms with Gasteiger partial charge in [0.15, 0.2) is 0 Å². The van der Waals surface area contributed by atoms with Crippen LogP contribution >= 0.6 is 33.9 Å². The molecule has 0 fully saturated rings. The molecule has 0 radical (unpaired) electrons. The second-order valence-corrected chi connectivity index (χ2v) is 5.70. The van der Waals surface area contributed by atoms with Gasteiger partial charge in [-0.15, -0.1) is 0 Å². The first-order chi connectivity index (χ1) is 6.14. The van der Waals surface area contributed by atoms with Gasteiger partial charge in [-0.2, -0.15) is 11.3 Å². The Morgan fingerprint density at radius 1 is 1.38 bits per heavy atom. The summed E-state index contributed by atoms with van der Waals surface area (Å²) in [7, 11) is 0. The molecule has 13 heavy (non-hydrogen) atoms. The van der Waals surface area contributed by atoms with E-state index in [0.717, 1.165) is 0 Å². The molecule has 0 nitrogen and oxygen atoms in total. The molecule has 1 aromatic heterocycles. The van der Waals surface area contributed by atoms with Crippen molar-refractivity contribution in [2.45, 2.75) is 45.4 Å². The van der Waals surface area contributed by atoms with Crippen LogP contribution in [0.1, 0.15) is 45.6 Å². The molecule has 1 unspecified atom stereocenters. The predicted octanol–water partition coefficient (Wildman–Crippen LogP) is 4.82. The zero-order valence-electron chi connectivity index (χ0n) is 8.56. The van der Waals surface area contributed by atoms with Crippen molar-refractivity contribution in [3.8, 4) is 0 Å². The minimum absolute atomic E-state index is 0.408. The molecule has 1 rings (SSSR count). The zero-order chi connectivity index (χ0) is 9.90. The quantitative estimate of drug-likeness (QED) is 0.700. The Morgan fingerprint density at radius 3 is 2.46 bits per heavy atom. The molecule has 0 aliphatic carbocycles. The molecule has 74 valence electrons. The number of hydrogen-bond acceptors (Lipinski definition) is 1. The van der Waals surface area contributed by atoms with Crippen LogP contribution < -0.4 is 0 Å². The van der Waals surface area contributed by atoms with E-state index in [-0.39, 0.29) is 0 Å². The molecule has 0 aliphatic rings. The molecule has 0 saturated carbocycles. The first-order valence-corrected chi connectivity index (χ1v) is 6.88. The second-order valence-electron chi connectivity index (χ2n) is 3.80. The van der Waals surface area contributed by atoms with Gasteiger partial charge in [0.2, 0.25) is 0 Å². The Kier molecular flexibility index (Phi) is 4.23. The number of rotatable bonds is 4. The average Bonchev–Trinajstić information content (AvgIpc) is 2.52. The number of hydrogen-bond donors (Lipinski definition) is 0. The van der Waals surface area contributed by atoms with Crippen LogP contribution in [-0.2, 0) is 5.41 Å². The lowest BCUT2D eigenvalue weighted by Crippen LogP contribution is -2.20. The van der Waals surface area contributed by atoms with Crippen molar-refractivity contribution < 1.29 is 0 Å². The van der Waals surface area contributed by atoms with Gasteiger partial charge in [-0.25, -0.2) is 0 Å². The Labute approximate surface area is 98.9 Å². The minimum Gasteiger partial charge on any atom is -0.151 e. The molecule has 0 N–H and O–H groups in total. The van der Waals surface area contributed by atoms with E-state index in [9.17, 15) is 0 Å². The normalized spacial score (nSPS) is 15.7. The van der Waals surface area contributed by atoms with E-state index in [1.807, 2.05) is 11.3 Å². The first-order valence-electron chi connectivity index (χ1n) is 4.86. The third-order valence-electron chi connectivity index (χ3n) is 2.85. The summed E-state index contributed by atoms with van der Waals surface area (Å²) in [5, 5.41) is 4.57. The largest absolute Gasteiger partial charge is 0.151 e. The van der Waals surface area contributed by atoms with Gasteiger partial charge >= 0.3 is 0 Å². The lowest BCUT2D eigenvalue weighted by Gasteiger charge is -2.27. The highest BCUT2D eigenvalue weighted by molar-refractivity contribution is 14.1. The monoisotopic (exact) mass is 308 g/mol. The fourth-order valence-corrected chi connectivity index (χ4v) is 4.09. The van der Waals surface area contributed by atoms with Gasteiger partial charge in [-0.1, -0.05) is 27.2 Å². The van der Waals surface area contributed by atoms with Gasteiger partial charge in [-0.05, 0) is 51.8 Å². The molecular weight excluding hydrogens is 291 g/mol. The molecule has 1 aromatic rings. The summed E-state index contributed by atoms with van der Waals surface area (Å²) >= 11 is 4.28. The summed E-state index contributed by atoms with van der Waals surface area (Å²) in [6, 6.07) is 0. The molecule has 1 heterocycles. The Balaban J connectivity index is 2.95. The molecular formula is C11H17IS. The van der Waals surface area contributed by atoms with Crippen molar-refractivity contribution in [2.24, 2.45) is 0 Å². The second kappa shape index (κ2) is 4.78. The van der Waals surface area contributed by atoms with Crippen molar-refractivity contribution in [3.63, 3.8) is 0 Å². The van der Waals surface area contributed by atoms with Crippen LogP contribution in [0, 0.1) is 3.57 Å². The molecule has 0 saturated heterocycles. The molecule has 0 amide bonds. The van der Waals surface area contributed by atoms with Gasteiger partial charge in [0, 0.05) is 8.95 Å². The fourth-order valence-electron chi connectivity index (χ4n) is 1.77. The SMILES string of the molecule is CCCC(C)(CC)c1cscc1I. The van der Waals surface area contributed by atoms with E-state index in [1.165, 1.54) is 22.8 Å². The smallest absolute Gasteiger partial charge is 0.0274 e. The number of halogens is 1. The third kappa shape index (κ3) is 2.46. The van der Waals surface area contributed by atoms with Crippen molar-refractivity contribution in [2.75, 3.05) is 0 Å². The van der Waals surface area contributed by atoms with Crippen LogP contribution in [0.2, 0.25) is 0 Å². The van der Waals surface area contributed by atoms with Crippen LogP contribution in [0.15, 0.2) is 10.8 Å². The summed E-state index contributed by atoms with van der Waals surface area (Å²) in [6.45, 7) is 6.96. The fraction of sp³-hybridized carbons (Fsp3) is 0.636. The van der Waals surface area contributed by atoms with Crippen LogP contribution in [0.25, 0.3) is 0 Å². The number of thiophene rings is 1. The summed E-state index contributed by atoms with van der Waals surface area (Å²) in [6.07, 6.45) is 3.82. The van der Waals surface area contributed by atoms with E-state index >= 15 is 0 Å². The Hall–Kier alpha value is 0.430. The molecule has 0 aliphatic heterocycles. The summed E-state index contributed by atoms with van der Waals surface area (Å²) in [5.74, 6) is 0. The molecule has 0 aromatic carbocycles. The van der Waals surface area contributed by atoms with Crippen LogP contribution in [-0.4, -0.2) is 0 Å². The van der Waals surface area contributed by atoms with Crippen LogP contribution in [0.5, 0.6) is 0 Å².